The van der Waals surface area contributed by atoms with Crippen molar-refractivity contribution in [3.63, 3.8) is 0 Å². The molecular formula is C18H19N3O. The fourth-order valence-corrected chi connectivity index (χ4v) is 3.23. The minimum Gasteiger partial charge on any atom is -0.369 e. The molecule has 0 unspecified atom stereocenters. The van der Waals surface area contributed by atoms with E-state index in [1.54, 1.807) is 0 Å². The normalized spacial score (nSPS) is 17.7. The molecule has 0 saturated carbocycles. The van der Waals surface area contributed by atoms with Crippen LogP contribution in [0.3, 0.4) is 0 Å². The van der Waals surface area contributed by atoms with Crippen molar-refractivity contribution in [3.8, 4) is 0 Å². The van der Waals surface area contributed by atoms with Crippen molar-refractivity contribution in [3.05, 3.63) is 59.7 Å². The third kappa shape index (κ3) is 2.25. The lowest BCUT2D eigenvalue weighted by Gasteiger charge is -2.29. The summed E-state index contributed by atoms with van der Waals surface area (Å²) in [7, 11) is 0. The Labute approximate surface area is 130 Å². The molecule has 0 aromatic heterocycles. The van der Waals surface area contributed by atoms with Gasteiger partial charge in [-0.1, -0.05) is 18.2 Å². The highest BCUT2D eigenvalue weighted by Crippen LogP contribution is 2.29. The van der Waals surface area contributed by atoms with Crippen molar-refractivity contribution < 1.29 is 4.79 Å². The van der Waals surface area contributed by atoms with Crippen molar-refractivity contribution >= 4 is 17.3 Å². The molecule has 0 atom stereocenters. The molecule has 22 heavy (non-hydrogen) atoms. The van der Waals surface area contributed by atoms with E-state index in [0.29, 0.717) is 6.54 Å². The van der Waals surface area contributed by atoms with Crippen LogP contribution in [-0.2, 0) is 6.54 Å². The van der Waals surface area contributed by atoms with Gasteiger partial charge in [0.05, 0.1) is 6.54 Å². The second-order valence-corrected chi connectivity index (χ2v) is 5.80. The third-order valence-corrected chi connectivity index (χ3v) is 4.46. The smallest absolute Gasteiger partial charge is 0.258 e. The number of anilines is 2. The van der Waals surface area contributed by atoms with Gasteiger partial charge in [-0.2, -0.15) is 0 Å². The number of nitrogens with zero attached hydrogens (tertiary/aromatic N) is 2. The first-order valence-corrected chi connectivity index (χ1v) is 7.78. The molecule has 112 valence electrons. The van der Waals surface area contributed by atoms with Crippen LogP contribution in [0.2, 0.25) is 0 Å². The number of fused-ring (bicyclic) bond motifs is 1. The predicted octanol–water partition coefficient (Wildman–Crippen LogP) is 2.26. The zero-order valence-corrected chi connectivity index (χ0v) is 12.5. The van der Waals surface area contributed by atoms with Crippen molar-refractivity contribution in [2.75, 3.05) is 36.0 Å². The summed E-state index contributed by atoms with van der Waals surface area (Å²) >= 11 is 0. The summed E-state index contributed by atoms with van der Waals surface area (Å²) in [6.07, 6.45) is 0. The van der Waals surface area contributed by atoms with Crippen LogP contribution < -0.4 is 15.1 Å². The molecule has 4 nitrogen and oxygen atoms in total. The first kappa shape index (κ1) is 13.3. The molecule has 4 heteroatoms. The topological polar surface area (TPSA) is 35.6 Å². The summed E-state index contributed by atoms with van der Waals surface area (Å²) < 4.78 is 0. The number of hydrogen-bond donors (Lipinski definition) is 1. The lowest BCUT2D eigenvalue weighted by atomic mass is 10.1. The van der Waals surface area contributed by atoms with Gasteiger partial charge < -0.3 is 15.1 Å². The summed E-state index contributed by atoms with van der Waals surface area (Å²) in [5.41, 5.74) is 4.14. The molecule has 4 rings (SSSR count). The summed E-state index contributed by atoms with van der Waals surface area (Å²) in [4.78, 5) is 16.7. The van der Waals surface area contributed by atoms with E-state index >= 15 is 0 Å². The zero-order chi connectivity index (χ0) is 14.9. The van der Waals surface area contributed by atoms with E-state index in [1.165, 1.54) is 5.69 Å². The maximum atomic E-state index is 12.5. The second-order valence-electron chi connectivity index (χ2n) is 5.80. The fraction of sp³-hybridized carbons (Fsp3) is 0.278. The first-order valence-electron chi connectivity index (χ1n) is 7.78. The van der Waals surface area contributed by atoms with Crippen LogP contribution in [-0.4, -0.2) is 32.1 Å². The molecule has 2 aliphatic rings. The standard InChI is InChI=1S/C18H19N3O/c22-18-17-4-2-1-3-14(17)13-21(18)16-7-5-15(6-8-16)20-11-9-19-10-12-20/h1-8,19H,9-13H2. The number of amides is 1. The molecule has 1 amide bonds. The number of carbonyl (C=O) groups is 1. The van der Waals surface area contributed by atoms with Crippen molar-refractivity contribution in [2.24, 2.45) is 0 Å². The Morgan fingerprint density at radius 3 is 2.27 bits per heavy atom. The van der Waals surface area contributed by atoms with Gasteiger partial charge in [-0.05, 0) is 35.9 Å². The van der Waals surface area contributed by atoms with E-state index in [0.717, 1.165) is 43.0 Å². The van der Waals surface area contributed by atoms with E-state index in [-0.39, 0.29) is 5.91 Å². The molecule has 2 aromatic carbocycles. The minimum atomic E-state index is 0.102. The van der Waals surface area contributed by atoms with E-state index in [4.69, 9.17) is 0 Å². The Bertz CT molecular complexity index is 690. The third-order valence-electron chi connectivity index (χ3n) is 4.46. The number of piperazine rings is 1. The Kier molecular flexibility index (Phi) is 3.31. The van der Waals surface area contributed by atoms with Crippen LogP contribution in [0.5, 0.6) is 0 Å². The van der Waals surface area contributed by atoms with Crippen LogP contribution in [0.25, 0.3) is 0 Å². The summed E-state index contributed by atoms with van der Waals surface area (Å²) in [5, 5.41) is 3.36. The van der Waals surface area contributed by atoms with E-state index in [1.807, 2.05) is 29.2 Å². The fourth-order valence-electron chi connectivity index (χ4n) is 3.23. The first-order chi connectivity index (χ1) is 10.8. The van der Waals surface area contributed by atoms with E-state index < -0.39 is 0 Å². The maximum absolute atomic E-state index is 12.5. The van der Waals surface area contributed by atoms with Gasteiger partial charge in [-0.15, -0.1) is 0 Å². The van der Waals surface area contributed by atoms with Gasteiger partial charge in [0.1, 0.15) is 0 Å². The van der Waals surface area contributed by atoms with Crippen LogP contribution in [0.4, 0.5) is 11.4 Å². The van der Waals surface area contributed by atoms with Crippen LogP contribution in [0, 0.1) is 0 Å². The average molecular weight is 293 g/mol. The van der Waals surface area contributed by atoms with Crippen molar-refractivity contribution in [1.29, 1.82) is 0 Å². The SMILES string of the molecule is O=C1c2ccccc2CN1c1ccc(N2CCNCC2)cc1. The van der Waals surface area contributed by atoms with E-state index in [2.05, 4.69) is 34.5 Å². The molecule has 0 aliphatic carbocycles. The highest BCUT2D eigenvalue weighted by atomic mass is 16.2. The number of nitrogens with one attached hydrogen (secondary N) is 1. The van der Waals surface area contributed by atoms with Crippen molar-refractivity contribution in [1.82, 2.24) is 5.32 Å². The van der Waals surface area contributed by atoms with E-state index in [9.17, 15) is 4.79 Å². The maximum Gasteiger partial charge on any atom is 0.258 e. The quantitative estimate of drug-likeness (QED) is 0.922. The molecule has 1 fully saturated rings. The predicted molar refractivity (Wildman–Crippen MR) is 88.5 cm³/mol. The van der Waals surface area contributed by atoms with Gasteiger partial charge in [-0.25, -0.2) is 0 Å². The minimum absolute atomic E-state index is 0.102. The van der Waals surface area contributed by atoms with Gasteiger partial charge in [-0.3, -0.25) is 4.79 Å². The molecule has 2 heterocycles. The highest BCUT2D eigenvalue weighted by Gasteiger charge is 2.27. The molecule has 0 spiro atoms. The second kappa shape index (κ2) is 5.46. The molecule has 0 radical (unpaired) electrons. The Morgan fingerprint density at radius 2 is 1.55 bits per heavy atom. The summed E-state index contributed by atoms with van der Waals surface area (Å²) in [6, 6.07) is 16.2. The number of rotatable bonds is 2. The largest absolute Gasteiger partial charge is 0.369 e. The number of benzene rings is 2. The number of carbonyl (C=O) groups excluding carboxylic acids is 1. The molecule has 1 saturated heterocycles. The van der Waals surface area contributed by atoms with Gasteiger partial charge in [0.15, 0.2) is 0 Å². The average Bonchev–Trinajstić information content (AvgIpc) is 2.93. The van der Waals surface area contributed by atoms with Gasteiger partial charge in [0.2, 0.25) is 0 Å². The molecule has 1 N–H and O–H groups in total. The Balaban J connectivity index is 1.56. The molecule has 0 bridgehead atoms. The van der Waals surface area contributed by atoms with Gasteiger partial charge >= 0.3 is 0 Å². The summed E-state index contributed by atoms with van der Waals surface area (Å²) in [5.74, 6) is 0.102. The summed E-state index contributed by atoms with van der Waals surface area (Å²) in [6.45, 7) is 4.80. The zero-order valence-electron chi connectivity index (χ0n) is 12.5. The number of hydrogen-bond acceptors (Lipinski definition) is 3. The van der Waals surface area contributed by atoms with Crippen molar-refractivity contribution in [2.45, 2.75) is 6.54 Å². The Morgan fingerprint density at radius 1 is 0.864 bits per heavy atom. The molecular weight excluding hydrogens is 274 g/mol. The van der Waals surface area contributed by atoms with Crippen LogP contribution in [0.15, 0.2) is 48.5 Å². The van der Waals surface area contributed by atoms with Gasteiger partial charge in [0, 0.05) is 43.1 Å². The lowest BCUT2D eigenvalue weighted by molar-refractivity contribution is 0.0996. The van der Waals surface area contributed by atoms with Gasteiger partial charge in [0.25, 0.3) is 5.91 Å². The van der Waals surface area contributed by atoms with Crippen LogP contribution in [0.1, 0.15) is 15.9 Å². The molecule has 2 aliphatic heterocycles. The van der Waals surface area contributed by atoms with Crippen LogP contribution >= 0.6 is 0 Å². The Hall–Kier alpha value is -2.33. The molecule has 2 aromatic rings. The lowest BCUT2D eigenvalue weighted by Crippen LogP contribution is -2.43. The highest BCUT2D eigenvalue weighted by molar-refractivity contribution is 6.10. The monoisotopic (exact) mass is 293 g/mol.